The second-order valence-corrected chi connectivity index (χ2v) is 18.0. The molecule has 12 nitrogen and oxygen atoms in total. The van der Waals surface area contributed by atoms with Gasteiger partial charge in [0, 0.05) is 0 Å². The average molecular weight is 535 g/mol. The SMILES string of the molecule is [N-]=[NH+]C(S(=O)(=O)CCS(=O)(=O)C([NH+]=[N-])S(=O)(=O)C1CCCCC1)S(=O)(=O)C1CCCCC1. The Morgan fingerprint density at radius 2 is 0.844 bits per heavy atom. The third kappa shape index (κ3) is 5.91. The molecule has 0 radical (unpaired) electrons. The van der Waals surface area contributed by atoms with Crippen LogP contribution in [0.25, 0.3) is 11.1 Å². The molecule has 2 unspecified atom stereocenters. The molecule has 0 saturated heterocycles. The van der Waals surface area contributed by atoms with Crippen LogP contribution in [-0.4, -0.2) is 65.1 Å². The molecule has 2 aliphatic carbocycles. The van der Waals surface area contributed by atoms with Gasteiger partial charge in [0.1, 0.15) is 0 Å². The molecule has 2 N–H and O–H groups in total. The second kappa shape index (κ2) is 10.5. The number of hydrogen-bond acceptors (Lipinski definition) is 8. The summed E-state index contributed by atoms with van der Waals surface area (Å²) in [6.07, 6.45) is 4.85. The molecule has 0 spiro atoms. The lowest BCUT2D eigenvalue weighted by Crippen LogP contribution is -2.79. The largest absolute Gasteiger partial charge is 0.507 e. The molecule has 0 aromatic rings. The zero-order valence-electron chi connectivity index (χ0n) is 17.6. The molecule has 0 aromatic carbocycles. The molecule has 2 aliphatic rings. The highest BCUT2D eigenvalue weighted by Crippen LogP contribution is 2.28. The lowest BCUT2D eigenvalue weighted by molar-refractivity contribution is -0.475. The van der Waals surface area contributed by atoms with E-state index >= 15 is 0 Å². The van der Waals surface area contributed by atoms with Crippen molar-refractivity contribution in [3.63, 3.8) is 0 Å². The van der Waals surface area contributed by atoms with Crippen LogP contribution in [0.15, 0.2) is 0 Å². The van der Waals surface area contributed by atoms with Crippen LogP contribution in [-0.2, 0) is 39.3 Å². The van der Waals surface area contributed by atoms with E-state index < -0.39 is 70.8 Å². The Hall–Kier alpha value is -1.00. The van der Waals surface area contributed by atoms with Crippen LogP contribution in [0.2, 0.25) is 0 Å². The lowest BCUT2D eigenvalue weighted by Gasteiger charge is -2.24. The molecule has 0 bridgehead atoms. The fourth-order valence-corrected chi connectivity index (χ4v) is 14.7. The van der Waals surface area contributed by atoms with E-state index in [2.05, 4.69) is 0 Å². The van der Waals surface area contributed by atoms with Gasteiger partial charge in [-0.05, 0) is 25.7 Å². The number of hydrogen-bond donors (Lipinski definition) is 2. The van der Waals surface area contributed by atoms with Crippen LogP contribution < -0.4 is 10.2 Å². The Balaban J connectivity index is 2.22. The van der Waals surface area contributed by atoms with Gasteiger partial charge in [-0.25, -0.2) is 33.7 Å². The van der Waals surface area contributed by atoms with Crippen LogP contribution in [0.5, 0.6) is 0 Å². The highest BCUT2D eigenvalue weighted by Gasteiger charge is 2.49. The van der Waals surface area contributed by atoms with Crippen molar-refractivity contribution in [2.45, 2.75) is 84.1 Å². The van der Waals surface area contributed by atoms with Crippen LogP contribution in [0.3, 0.4) is 0 Å². The summed E-state index contributed by atoms with van der Waals surface area (Å²) in [5, 5.41) is 0.585. The van der Waals surface area contributed by atoms with E-state index in [-0.39, 0.29) is 25.7 Å². The van der Waals surface area contributed by atoms with Gasteiger partial charge in [0.05, 0.1) is 22.0 Å². The van der Waals surface area contributed by atoms with Gasteiger partial charge in [-0.15, -0.1) is 0 Å². The minimum Gasteiger partial charge on any atom is -0.507 e. The summed E-state index contributed by atoms with van der Waals surface area (Å²) < 4.78 is 96.8. The summed E-state index contributed by atoms with van der Waals surface area (Å²) in [6, 6.07) is 0. The van der Waals surface area contributed by atoms with Crippen LogP contribution in [0.4, 0.5) is 0 Å². The van der Waals surface area contributed by atoms with Gasteiger partial charge in [-0.3, -0.25) is 0 Å². The van der Waals surface area contributed by atoms with Gasteiger partial charge in [0.2, 0.25) is 39.3 Å². The van der Waals surface area contributed by atoms with E-state index in [1.165, 1.54) is 10.2 Å². The molecule has 0 amide bonds. The van der Waals surface area contributed by atoms with Crippen molar-refractivity contribution in [3.8, 4) is 0 Å². The van der Waals surface area contributed by atoms with Crippen LogP contribution in [0.1, 0.15) is 64.2 Å². The highest BCUT2D eigenvalue weighted by atomic mass is 32.3. The van der Waals surface area contributed by atoms with E-state index in [1.54, 1.807) is 0 Å². The summed E-state index contributed by atoms with van der Waals surface area (Å²) in [5.74, 6) is -2.50. The van der Waals surface area contributed by atoms with E-state index in [1.807, 2.05) is 0 Å². The molecule has 2 atom stereocenters. The normalized spacial score (nSPS) is 22.1. The Labute approximate surface area is 189 Å². The molecule has 186 valence electrons. The molecule has 2 fully saturated rings. The van der Waals surface area contributed by atoms with Crippen molar-refractivity contribution in [3.05, 3.63) is 11.1 Å². The molecule has 2 rings (SSSR count). The van der Waals surface area contributed by atoms with Crippen LogP contribution >= 0.6 is 0 Å². The average Bonchev–Trinajstić information content (AvgIpc) is 2.74. The summed E-state index contributed by atoms with van der Waals surface area (Å²) in [4.78, 5) is 0. The number of nitrogens with one attached hydrogen (secondary N) is 2. The van der Waals surface area contributed by atoms with Crippen molar-refractivity contribution < 1.29 is 43.9 Å². The Kier molecular flexibility index (Phi) is 8.95. The van der Waals surface area contributed by atoms with Gasteiger partial charge >= 0.3 is 9.41 Å². The minimum absolute atomic E-state index is 0.227. The van der Waals surface area contributed by atoms with E-state index in [0.717, 1.165) is 12.8 Å². The molecular weight excluding hydrogens is 504 g/mol. The van der Waals surface area contributed by atoms with Crippen molar-refractivity contribution >= 4 is 39.3 Å². The summed E-state index contributed by atoms with van der Waals surface area (Å²) in [7, 11) is -18.3. The zero-order chi connectivity index (χ0) is 24.2. The van der Waals surface area contributed by atoms with E-state index in [9.17, 15) is 44.7 Å². The quantitative estimate of drug-likeness (QED) is 0.285. The topological polar surface area (TPSA) is 209 Å². The zero-order valence-corrected chi connectivity index (χ0v) is 20.9. The van der Waals surface area contributed by atoms with Crippen molar-refractivity contribution in [1.29, 1.82) is 0 Å². The van der Waals surface area contributed by atoms with Gasteiger partial charge in [-0.2, -0.15) is 0 Å². The fraction of sp³-hybridized carbons (Fsp3) is 1.00. The number of rotatable bonds is 11. The first kappa shape index (κ1) is 27.2. The molecule has 0 aromatic heterocycles. The first-order valence-corrected chi connectivity index (χ1v) is 17.1. The Morgan fingerprint density at radius 3 is 1.09 bits per heavy atom. The summed E-state index contributed by atoms with van der Waals surface area (Å²) in [5.41, 5.74) is 18.6. The number of nitrogens with zero attached hydrogens (tertiary/aromatic N) is 2. The Morgan fingerprint density at radius 1 is 0.562 bits per heavy atom. The molecule has 2 saturated carbocycles. The van der Waals surface area contributed by atoms with Crippen molar-refractivity contribution in [2.75, 3.05) is 11.5 Å². The second-order valence-electron chi connectivity index (χ2n) is 8.35. The summed E-state index contributed by atoms with van der Waals surface area (Å²) >= 11 is 0. The van der Waals surface area contributed by atoms with E-state index in [0.29, 0.717) is 25.7 Å². The maximum absolute atomic E-state index is 12.7. The van der Waals surface area contributed by atoms with Gasteiger partial charge in [-0.1, -0.05) is 38.5 Å². The first-order chi connectivity index (χ1) is 14.8. The highest BCUT2D eigenvalue weighted by molar-refractivity contribution is 8.11. The molecule has 0 aliphatic heterocycles. The number of sulfone groups is 4. The predicted molar refractivity (Wildman–Crippen MR) is 115 cm³/mol. The van der Waals surface area contributed by atoms with Gasteiger partial charge in [0.25, 0.3) is 0 Å². The maximum Gasteiger partial charge on any atom is 0.340 e. The molecule has 32 heavy (non-hydrogen) atoms. The molecular formula is C16H30N4O8S4. The first-order valence-electron chi connectivity index (χ1n) is 10.5. The summed E-state index contributed by atoms with van der Waals surface area (Å²) in [6.45, 7) is 0. The monoisotopic (exact) mass is 534 g/mol. The lowest BCUT2D eigenvalue weighted by atomic mass is 10.0. The minimum atomic E-state index is -4.76. The van der Waals surface area contributed by atoms with E-state index in [4.69, 9.17) is 0 Å². The van der Waals surface area contributed by atoms with Gasteiger partial charge in [0.15, 0.2) is 0 Å². The standard InChI is InChI=1S/C16H30N4O8S4/c17-19-15(31(25,26)13-7-3-1-4-8-13)29(21,22)11-12-30(23,24)16(20-18)32(27,28)14-9-5-2-6-10-14/h13-16,19-20H,1-12H2. The third-order valence-electron chi connectivity index (χ3n) is 6.15. The third-order valence-corrected chi connectivity index (χ3v) is 17.0. The Bertz CT molecular complexity index is 1010. The molecule has 0 heterocycles. The van der Waals surface area contributed by atoms with Crippen molar-refractivity contribution in [1.82, 2.24) is 0 Å². The predicted octanol–water partition coefficient (Wildman–Crippen LogP) is -1.92. The smallest absolute Gasteiger partial charge is 0.340 e. The molecule has 16 heteroatoms. The van der Waals surface area contributed by atoms with Gasteiger partial charge < -0.3 is 21.3 Å². The van der Waals surface area contributed by atoms with Crippen LogP contribution in [0, 0.1) is 0 Å². The maximum atomic E-state index is 12.7. The van der Waals surface area contributed by atoms with Crippen molar-refractivity contribution in [2.24, 2.45) is 0 Å². The fourth-order valence-electron chi connectivity index (χ4n) is 4.30.